The molecule has 1 heteroatoms. The third-order valence-electron chi connectivity index (χ3n) is 5.49. The third-order valence-corrected chi connectivity index (χ3v) is 5.49. The van der Waals surface area contributed by atoms with Crippen LogP contribution in [-0.4, -0.2) is 6.61 Å². The van der Waals surface area contributed by atoms with Gasteiger partial charge in [0.25, 0.3) is 0 Å². The fourth-order valence-corrected chi connectivity index (χ4v) is 2.73. The van der Waals surface area contributed by atoms with E-state index in [9.17, 15) is 0 Å². The van der Waals surface area contributed by atoms with Gasteiger partial charge in [-0.15, -0.1) is 5.73 Å². The molecule has 0 amide bonds. The van der Waals surface area contributed by atoms with Crippen LogP contribution in [0.1, 0.15) is 80.6 Å². The molecule has 28 heavy (non-hydrogen) atoms. The molecule has 0 aromatic carbocycles. The van der Waals surface area contributed by atoms with E-state index in [0.29, 0.717) is 12.5 Å². The smallest absolute Gasteiger partial charge is 0.119 e. The van der Waals surface area contributed by atoms with Gasteiger partial charge in [-0.05, 0) is 94.6 Å². The molecular formula is C27H42O. The molecule has 1 unspecified atom stereocenters. The minimum absolute atomic E-state index is 0.561. The van der Waals surface area contributed by atoms with E-state index in [2.05, 4.69) is 91.7 Å². The lowest BCUT2D eigenvalue weighted by Crippen LogP contribution is -2.00. The standard InChI is InChI=1S/C27H42O/c1-10-21(5)18-19-27(28-20-24(8)25(9)22(6)11-2)17-15-14-16-26(13-4)23(7)12-3/h15,17-19,26H,3,6,10-11,13-14,16,20H2,1-2,4-5,7-9H3/b17-15-,21-18+,25-24+,27-19+. The topological polar surface area (TPSA) is 9.23 Å². The van der Waals surface area contributed by atoms with Crippen LogP contribution < -0.4 is 0 Å². The van der Waals surface area contributed by atoms with Crippen LogP contribution in [0.2, 0.25) is 0 Å². The molecule has 0 aliphatic rings. The summed E-state index contributed by atoms with van der Waals surface area (Å²) < 4.78 is 6.12. The highest BCUT2D eigenvalue weighted by Gasteiger charge is 2.06. The zero-order valence-electron chi connectivity index (χ0n) is 19.5. The first kappa shape index (κ1) is 26.0. The molecule has 1 atom stereocenters. The molecule has 0 spiro atoms. The maximum absolute atomic E-state index is 6.12. The van der Waals surface area contributed by atoms with Gasteiger partial charge in [-0.2, -0.15) is 0 Å². The highest BCUT2D eigenvalue weighted by atomic mass is 16.5. The van der Waals surface area contributed by atoms with E-state index in [1.807, 2.05) is 0 Å². The van der Waals surface area contributed by atoms with Crippen molar-refractivity contribution < 1.29 is 4.74 Å². The molecule has 0 rings (SSSR count). The van der Waals surface area contributed by atoms with Crippen molar-refractivity contribution in [2.24, 2.45) is 5.92 Å². The highest BCUT2D eigenvalue weighted by molar-refractivity contribution is 5.31. The van der Waals surface area contributed by atoms with Crippen molar-refractivity contribution in [3.05, 3.63) is 76.8 Å². The number of allylic oxidation sites excluding steroid dienone is 8. The average Bonchev–Trinajstić information content (AvgIpc) is 2.72. The van der Waals surface area contributed by atoms with Gasteiger partial charge in [-0.1, -0.05) is 57.2 Å². The van der Waals surface area contributed by atoms with Gasteiger partial charge in [0.2, 0.25) is 0 Å². The quantitative estimate of drug-likeness (QED) is 0.176. The molecule has 0 radical (unpaired) electrons. The van der Waals surface area contributed by atoms with Crippen molar-refractivity contribution in [3.8, 4) is 0 Å². The molecule has 0 aromatic heterocycles. The van der Waals surface area contributed by atoms with Gasteiger partial charge in [0.1, 0.15) is 12.4 Å². The van der Waals surface area contributed by atoms with E-state index in [0.717, 1.165) is 37.9 Å². The Balaban J connectivity index is 5.14. The Labute approximate surface area is 175 Å². The summed E-state index contributed by atoms with van der Waals surface area (Å²) in [6.45, 7) is 23.6. The van der Waals surface area contributed by atoms with Crippen LogP contribution in [-0.2, 0) is 4.74 Å². The highest BCUT2D eigenvalue weighted by Crippen LogP contribution is 2.20. The average molecular weight is 383 g/mol. The maximum atomic E-state index is 6.12. The molecule has 0 saturated heterocycles. The fourth-order valence-electron chi connectivity index (χ4n) is 2.73. The number of ether oxygens (including phenoxy) is 1. The van der Waals surface area contributed by atoms with Crippen molar-refractivity contribution in [3.63, 3.8) is 0 Å². The second-order valence-corrected chi connectivity index (χ2v) is 7.53. The molecule has 0 fully saturated rings. The fraction of sp³-hybridized carbons (Fsp3) is 0.519. The minimum atomic E-state index is 0.561. The maximum Gasteiger partial charge on any atom is 0.119 e. The lowest BCUT2D eigenvalue weighted by molar-refractivity contribution is 0.252. The van der Waals surface area contributed by atoms with Gasteiger partial charge in [0.15, 0.2) is 0 Å². The largest absolute Gasteiger partial charge is 0.489 e. The van der Waals surface area contributed by atoms with Gasteiger partial charge in [0.05, 0.1) is 0 Å². The summed E-state index contributed by atoms with van der Waals surface area (Å²) in [6, 6.07) is 0. The first-order valence-corrected chi connectivity index (χ1v) is 10.7. The van der Waals surface area contributed by atoms with Crippen LogP contribution in [0.15, 0.2) is 76.8 Å². The van der Waals surface area contributed by atoms with E-state index in [4.69, 9.17) is 4.74 Å². The Kier molecular flexibility index (Phi) is 13.9. The zero-order valence-corrected chi connectivity index (χ0v) is 19.5. The first-order valence-electron chi connectivity index (χ1n) is 10.7. The van der Waals surface area contributed by atoms with Gasteiger partial charge in [-0.3, -0.25) is 0 Å². The Morgan fingerprint density at radius 1 is 1.04 bits per heavy atom. The Morgan fingerprint density at radius 2 is 1.71 bits per heavy atom. The summed E-state index contributed by atoms with van der Waals surface area (Å²) in [7, 11) is 0. The molecule has 0 aliphatic carbocycles. The van der Waals surface area contributed by atoms with E-state index in [-0.39, 0.29) is 0 Å². The Hall–Kier alpha value is -1.98. The van der Waals surface area contributed by atoms with E-state index in [1.54, 1.807) is 0 Å². The minimum Gasteiger partial charge on any atom is -0.489 e. The van der Waals surface area contributed by atoms with Crippen LogP contribution in [0.5, 0.6) is 0 Å². The second kappa shape index (κ2) is 15.0. The molecule has 0 aromatic rings. The molecule has 0 aliphatic heterocycles. The van der Waals surface area contributed by atoms with Gasteiger partial charge in [-0.25, -0.2) is 0 Å². The van der Waals surface area contributed by atoms with Crippen molar-refractivity contribution >= 4 is 0 Å². The molecule has 156 valence electrons. The summed E-state index contributed by atoms with van der Waals surface area (Å²) in [6.07, 6.45) is 13.9. The van der Waals surface area contributed by atoms with E-state index >= 15 is 0 Å². The zero-order chi connectivity index (χ0) is 21.5. The molecule has 1 nitrogen and oxygen atoms in total. The first-order chi connectivity index (χ1) is 13.3. The monoisotopic (exact) mass is 382 g/mol. The van der Waals surface area contributed by atoms with Crippen molar-refractivity contribution in [2.45, 2.75) is 80.6 Å². The molecular weight excluding hydrogens is 340 g/mol. The second-order valence-electron chi connectivity index (χ2n) is 7.53. The summed E-state index contributed by atoms with van der Waals surface area (Å²) in [4.78, 5) is 0. The van der Waals surface area contributed by atoms with Gasteiger partial charge >= 0.3 is 0 Å². The Morgan fingerprint density at radius 3 is 2.25 bits per heavy atom. The molecule has 0 bridgehead atoms. The van der Waals surface area contributed by atoms with Crippen LogP contribution in [0.4, 0.5) is 0 Å². The van der Waals surface area contributed by atoms with Crippen LogP contribution in [0.3, 0.4) is 0 Å². The van der Waals surface area contributed by atoms with Crippen LogP contribution in [0, 0.1) is 5.92 Å². The summed E-state index contributed by atoms with van der Waals surface area (Å²) in [5.74, 6) is 1.47. The SMILES string of the molecule is C=C=C(C)C(CC)CC\C=C/C(=C\C=C(/C)CC)OC/C(C)=C(\C)C(=C)CC. The summed E-state index contributed by atoms with van der Waals surface area (Å²) in [5, 5.41) is 0. The Bertz CT molecular complexity index is 660. The normalized spacial score (nSPS) is 14.5. The lowest BCUT2D eigenvalue weighted by atomic mass is 9.93. The summed E-state index contributed by atoms with van der Waals surface area (Å²) >= 11 is 0. The van der Waals surface area contributed by atoms with Crippen LogP contribution >= 0.6 is 0 Å². The number of hydrogen-bond acceptors (Lipinski definition) is 1. The lowest BCUT2D eigenvalue weighted by Gasteiger charge is -2.13. The van der Waals surface area contributed by atoms with Gasteiger partial charge < -0.3 is 4.74 Å². The molecule has 0 heterocycles. The van der Waals surface area contributed by atoms with E-state index < -0.39 is 0 Å². The predicted molar refractivity (Wildman–Crippen MR) is 126 cm³/mol. The summed E-state index contributed by atoms with van der Waals surface area (Å²) in [5.41, 5.74) is 9.32. The van der Waals surface area contributed by atoms with Crippen molar-refractivity contribution in [1.82, 2.24) is 0 Å². The number of hydrogen-bond donors (Lipinski definition) is 0. The van der Waals surface area contributed by atoms with Crippen molar-refractivity contribution in [1.29, 1.82) is 0 Å². The third kappa shape index (κ3) is 10.4. The molecule has 0 N–H and O–H groups in total. The van der Waals surface area contributed by atoms with Gasteiger partial charge in [0, 0.05) is 0 Å². The van der Waals surface area contributed by atoms with Crippen molar-refractivity contribution in [2.75, 3.05) is 6.61 Å². The molecule has 0 saturated carbocycles. The van der Waals surface area contributed by atoms with Crippen LogP contribution in [0.25, 0.3) is 0 Å². The number of rotatable bonds is 13. The predicted octanol–water partition coefficient (Wildman–Crippen LogP) is 8.64. The van der Waals surface area contributed by atoms with E-state index in [1.165, 1.54) is 27.9 Å².